The Balaban J connectivity index is 1.68. The molecule has 11 heteroatoms. The number of rotatable bonds is 5. The number of aryl methyl sites for hydroxylation is 2. The van der Waals surface area contributed by atoms with Gasteiger partial charge in [-0.3, -0.25) is 9.69 Å². The molecule has 1 aromatic heterocycles. The number of ether oxygens (including phenoxy) is 2. The SMILES string of the molecule is CCc1nc(CN2C(=O)COc3cc(S(=O)(=O)N4CCOCC4)c(C)cc32)no1. The fourth-order valence-electron chi connectivity index (χ4n) is 3.35. The van der Waals surface area contributed by atoms with E-state index in [0.717, 1.165) is 0 Å². The Morgan fingerprint density at radius 3 is 2.66 bits per heavy atom. The van der Waals surface area contributed by atoms with Crippen molar-refractivity contribution in [1.29, 1.82) is 0 Å². The zero-order chi connectivity index (χ0) is 20.6. The first kappa shape index (κ1) is 19.8. The summed E-state index contributed by atoms with van der Waals surface area (Å²) in [4.78, 5) is 18.4. The van der Waals surface area contributed by atoms with Gasteiger partial charge in [0.1, 0.15) is 5.75 Å². The number of anilines is 1. The standard InChI is InChI=1S/C18H22N4O6S/c1-3-17-19-16(20-28-17)10-22-13-8-12(2)15(9-14(13)27-11-18(22)23)29(24,25)21-4-6-26-7-5-21/h8-9H,3-7,10-11H2,1-2H3. The molecular weight excluding hydrogens is 400 g/mol. The van der Waals surface area contributed by atoms with Crippen molar-refractivity contribution in [1.82, 2.24) is 14.4 Å². The summed E-state index contributed by atoms with van der Waals surface area (Å²) in [5.74, 6) is 0.944. The Hall–Kier alpha value is -2.50. The lowest BCUT2D eigenvalue weighted by atomic mass is 10.1. The van der Waals surface area contributed by atoms with E-state index in [9.17, 15) is 13.2 Å². The fourth-order valence-corrected chi connectivity index (χ4v) is 4.98. The van der Waals surface area contributed by atoms with Gasteiger partial charge >= 0.3 is 0 Å². The minimum absolute atomic E-state index is 0.119. The Bertz CT molecular complexity index is 1030. The van der Waals surface area contributed by atoms with Gasteiger partial charge in [-0.05, 0) is 18.6 Å². The summed E-state index contributed by atoms with van der Waals surface area (Å²) in [6.45, 7) is 4.88. The van der Waals surface area contributed by atoms with Gasteiger partial charge < -0.3 is 14.0 Å². The van der Waals surface area contributed by atoms with Crippen molar-refractivity contribution in [3.05, 3.63) is 29.4 Å². The number of hydrogen-bond donors (Lipinski definition) is 0. The van der Waals surface area contributed by atoms with Crippen LogP contribution in [0.1, 0.15) is 24.2 Å². The topological polar surface area (TPSA) is 115 Å². The molecule has 1 amide bonds. The molecule has 10 nitrogen and oxygen atoms in total. The van der Waals surface area contributed by atoms with Crippen LogP contribution in [-0.2, 0) is 32.5 Å². The highest BCUT2D eigenvalue weighted by Crippen LogP contribution is 2.37. The maximum Gasteiger partial charge on any atom is 0.265 e. The van der Waals surface area contributed by atoms with Crippen LogP contribution in [0.3, 0.4) is 0 Å². The molecule has 1 aromatic carbocycles. The number of carbonyl (C=O) groups is 1. The molecule has 0 bridgehead atoms. The zero-order valence-corrected chi connectivity index (χ0v) is 17.1. The van der Waals surface area contributed by atoms with Crippen molar-refractivity contribution in [3.63, 3.8) is 0 Å². The molecular formula is C18H22N4O6S. The van der Waals surface area contributed by atoms with Crippen molar-refractivity contribution in [3.8, 4) is 5.75 Å². The van der Waals surface area contributed by atoms with E-state index in [1.165, 1.54) is 15.3 Å². The molecule has 0 radical (unpaired) electrons. The number of morpholine rings is 1. The van der Waals surface area contributed by atoms with Crippen LogP contribution < -0.4 is 9.64 Å². The summed E-state index contributed by atoms with van der Waals surface area (Å²) in [5.41, 5.74) is 1.02. The summed E-state index contributed by atoms with van der Waals surface area (Å²) in [5, 5.41) is 3.89. The van der Waals surface area contributed by atoms with Crippen molar-refractivity contribution in [2.45, 2.75) is 31.7 Å². The minimum atomic E-state index is -3.69. The van der Waals surface area contributed by atoms with Crippen LogP contribution in [0.5, 0.6) is 5.75 Å². The molecule has 0 saturated carbocycles. The summed E-state index contributed by atoms with van der Waals surface area (Å²) < 4.78 is 43.4. The van der Waals surface area contributed by atoms with Crippen LogP contribution in [0.4, 0.5) is 5.69 Å². The summed E-state index contributed by atoms with van der Waals surface area (Å²) in [6, 6.07) is 3.14. The molecule has 0 N–H and O–H groups in total. The normalized spacial score (nSPS) is 17.9. The quantitative estimate of drug-likeness (QED) is 0.698. The average Bonchev–Trinajstić information content (AvgIpc) is 3.18. The van der Waals surface area contributed by atoms with Gasteiger partial charge in [-0.1, -0.05) is 12.1 Å². The first-order valence-corrected chi connectivity index (χ1v) is 10.8. The Kier molecular flexibility index (Phi) is 5.28. The molecule has 3 heterocycles. The third kappa shape index (κ3) is 3.72. The Morgan fingerprint density at radius 2 is 1.97 bits per heavy atom. The van der Waals surface area contributed by atoms with E-state index >= 15 is 0 Å². The van der Waals surface area contributed by atoms with E-state index in [-0.39, 0.29) is 24.0 Å². The number of nitrogens with zero attached hydrogens (tertiary/aromatic N) is 4. The molecule has 1 fully saturated rings. The van der Waals surface area contributed by atoms with Crippen molar-refractivity contribution < 1.29 is 27.2 Å². The molecule has 0 unspecified atom stereocenters. The molecule has 2 aliphatic rings. The van der Waals surface area contributed by atoms with E-state index in [0.29, 0.717) is 61.4 Å². The molecule has 29 heavy (non-hydrogen) atoms. The van der Waals surface area contributed by atoms with Crippen LogP contribution in [0.25, 0.3) is 0 Å². The number of carbonyl (C=O) groups excluding carboxylic acids is 1. The molecule has 0 spiro atoms. The van der Waals surface area contributed by atoms with Gasteiger partial charge in [-0.25, -0.2) is 8.42 Å². The third-order valence-electron chi connectivity index (χ3n) is 4.90. The van der Waals surface area contributed by atoms with Crippen LogP contribution in [0.2, 0.25) is 0 Å². The second-order valence-corrected chi connectivity index (χ2v) is 8.73. The molecule has 0 aliphatic carbocycles. The van der Waals surface area contributed by atoms with Gasteiger partial charge in [-0.15, -0.1) is 0 Å². The molecule has 2 aromatic rings. The monoisotopic (exact) mass is 422 g/mol. The first-order chi connectivity index (χ1) is 13.9. The lowest BCUT2D eigenvalue weighted by Crippen LogP contribution is -2.41. The van der Waals surface area contributed by atoms with Crippen molar-refractivity contribution in [2.24, 2.45) is 0 Å². The highest BCUT2D eigenvalue weighted by molar-refractivity contribution is 7.89. The van der Waals surface area contributed by atoms with Crippen LogP contribution in [0.15, 0.2) is 21.6 Å². The average molecular weight is 422 g/mol. The highest BCUT2D eigenvalue weighted by atomic mass is 32.2. The molecule has 156 valence electrons. The van der Waals surface area contributed by atoms with Crippen LogP contribution in [-0.4, -0.2) is 61.7 Å². The number of hydrogen-bond acceptors (Lipinski definition) is 8. The smallest absolute Gasteiger partial charge is 0.265 e. The van der Waals surface area contributed by atoms with Crippen LogP contribution >= 0.6 is 0 Å². The number of aromatic nitrogens is 2. The largest absolute Gasteiger partial charge is 0.482 e. The zero-order valence-electron chi connectivity index (χ0n) is 16.3. The van der Waals surface area contributed by atoms with Crippen molar-refractivity contribution >= 4 is 21.6 Å². The second-order valence-electron chi connectivity index (χ2n) is 6.83. The summed E-state index contributed by atoms with van der Waals surface area (Å²) >= 11 is 0. The van der Waals surface area contributed by atoms with E-state index in [1.807, 2.05) is 6.92 Å². The van der Waals surface area contributed by atoms with Gasteiger partial charge in [0.2, 0.25) is 15.9 Å². The molecule has 2 aliphatic heterocycles. The lowest BCUT2D eigenvalue weighted by molar-refractivity contribution is -0.121. The number of amides is 1. The van der Waals surface area contributed by atoms with Gasteiger partial charge in [-0.2, -0.15) is 9.29 Å². The van der Waals surface area contributed by atoms with E-state index < -0.39 is 10.0 Å². The van der Waals surface area contributed by atoms with Gasteiger partial charge in [0.25, 0.3) is 5.91 Å². The Labute approximate surface area is 168 Å². The van der Waals surface area contributed by atoms with Crippen molar-refractivity contribution in [2.75, 3.05) is 37.8 Å². The number of benzene rings is 1. The molecule has 1 saturated heterocycles. The second kappa shape index (κ2) is 7.73. The maximum absolute atomic E-state index is 13.1. The van der Waals surface area contributed by atoms with E-state index in [2.05, 4.69) is 10.1 Å². The number of fused-ring (bicyclic) bond motifs is 1. The van der Waals surface area contributed by atoms with Gasteiger partial charge in [0, 0.05) is 25.6 Å². The third-order valence-corrected chi connectivity index (χ3v) is 6.94. The van der Waals surface area contributed by atoms with Gasteiger partial charge in [0.15, 0.2) is 12.4 Å². The predicted octanol–water partition coefficient (Wildman–Crippen LogP) is 0.887. The molecule has 0 atom stereocenters. The van der Waals surface area contributed by atoms with E-state index in [1.54, 1.807) is 13.0 Å². The predicted molar refractivity (Wildman–Crippen MR) is 101 cm³/mol. The van der Waals surface area contributed by atoms with Gasteiger partial charge in [0.05, 0.1) is 30.3 Å². The summed E-state index contributed by atoms with van der Waals surface area (Å²) in [7, 11) is -3.69. The lowest BCUT2D eigenvalue weighted by Gasteiger charge is -2.31. The maximum atomic E-state index is 13.1. The summed E-state index contributed by atoms with van der Waals surface area (Å²) in [6.07, 6.45) is 0.600. The fraction of sp³-hybridized carbons (Fsp3) is 0.500. The first-order valence-electron chi connectivity index (χ1n) is 9.37. The highest BCUT2D eigenvalue weighted by Gasteiger charge is 2.33. The minimum Gasteiger partial charge on any atom is -0.482 e. The van der Waals surface area contributed by atoms with E-state index in [4.69, 9.17) is 14.0 Å². The Morgan fingerprint density at radius 1 is 1.21 bits per heavy atom. The molecule has 4 rings (SSSR count). The van der Waals surface area contributed by atoms with Crippen LogP contribution in [0, 0.1) is 6.92 Å². The number of sulfonamides is 1.